The van der Waals surface area contributed by atoms with Crippen molar-refractivity contribution < 1.29 is 14.7 Å². The first-order valence-corrected chi connectivity index (χ1v) is 9.16. The number of nitrogens with one attached hydrogen (secondary N) is 1. The molecule has 26 heavy (non-hydrogen) atoms. The van der Waals surface area contributed by atoms with Gasteiger partial charge in [-0.15, -0.1) is 0 Å². The summed E-state index contributed by atoms with van der Waals surface area (Å²) in [4.78, 5) is 20.0. The van der Waals surface area contributed by atoms with Crippen molar-refractivity contribution in [2.75, 3.05) is 19.6 Å². The molecule has 5 heteroatoms. The van der Waals surface area contributed by atoms with Crippen LogP contribution in [0.2, 0.25) is 0 Å². The minimum atomic E-state index is -0.0147. The molecule has 1 aliphatic rings. The minimum absolute atomic E-state index is 0.0147. The number of likely N-dealkylation sites (tertiary alicyclic amines) is 1. The van der Waals surface area contributed by atoms with E-state index in [-0.39, 0.29) is 11.8 Å². The van der Waals surface area contributed by atoms with Gasteiger partial charge in [-0.3, -0.25) is 9.63 Å². The molecule has 0 aromatic heterocycles. The van der Waals surface area contributed by atoms with E-state index < -0.39 is 0 Å². The Bertz CT molecular complexity index is 680. The quantitative estimate of drug-likeness (QED) is 0.751. The Morgan fingerprint density at radius 1 is 1.04 bits per heavy atom. The Labute approximate surface area is 154 Å². The number of carbonyl (C=O) groups excluding carboxylic acids is 1. The number of nitrogens with zero attached hydrogens (tertiary/aromatic N) is 1. The van der Waals surface area contributed by atoms with Crippen molar-refractivity contribution in [3.05, 3.63) is 65.7 Å². The number of phenolic OH excluding ortho intramolecular Hbond substituents is 1. The average Bonchev–Trinajstić information content (AvgIpc) is 2.69. The van der Waals surface area contributed by atoms with E-state index in [1.165, 1.54) is 5.56 Å². The maximum Gasteiger partial charge on any atom is 0.246 e. The Hall–Kier alpha value is -2.37. The van der Waals surface area contributed by atoms with Crippen molar-refractivity contribution in [2.45, 2.75) is 25.9 Å². The van der Waals surface area contributed by atoms with Crippen LogP contribution in [0.25, 0.3) is 0 Å². The molecule has 0 unspecified atom stereocenters. The molecule has 0 saturated carbocycles. The smallest absolute Gasteiger partial charge is 0.246 e. The van der Waals surface area contributed by atoms with Crippen LogP contribution in [0.5, 0.6) is 5.75 Å². The molecule has 5 nitrogen and oxygen atoms in total. The van der Waals surface area contributed by atoms with Crippen LogP contribution in [0.3, 0.4) is 0 Å². The van der Waals surface area contributed by atoms with Crippen molar-refractivity contribution >= 4 is 5.91 Å². The molecule has 0 aliphatic carbocycles. The van der Waals surface area contributed by atoms with E-state index in [4.69, 9.17) is 4.84 Å². The normalized spacial score (nSPS) is 15.7. The second-order valence-electron chi connectivity index (χ2n) is 6.77. The number of hydrogen-bond donors (Lipinski definition) is 2. The predicted octanol–water partition coefficient (Wildman–Crippen LogP) is 2.89. The van der Waals surface area contributed by atoms with Gasteiger partial charge >= 0.3 is 0 Å². The van der Waals surface area contributed by atoms with Crippen molar-refractivity contribution in [2.24, 2.45) is 5.92 Å². The van der Waals surface area contributed by atoms with E-state index >= 15 is 0 Å². The number of amides is 1. The van der Waals surface area contributed by atoms with Crippen molar-refractivity contribution in [1.29, 1.82) is 0 Å². The molecule has 1 aliphatic heterocycles. The molecular weight excluding hydrogens is 328 g/mol. The van der Waals surface area contributed by atoms with Gasteiger partial charge in [-0.25, -0.2) is 5.48 Å². The van der Waals surface area contributed by atoms with E-state index in [9.17, 15) is 9.90 Å². The van der Waals surface area contributed by atoms with E-state index in [1.807, 2.05) is 42.5 Å². The third-order valence-corrected chi connectivity index (χ3v) is 4.87. The zero-order chi connectivity index (χ0) is 18.2. The van der Waals surface area contributed by atoms with Gasteiger partial charge in [-0.05, 0) is 55.6 Å². The standard InChI is InChI=1S/C21H26N2O3/c24-20-8-6-17(7-9-20)10-13-23-14-11-19(12-15-23)21(25)22-26-16-18-4-2-1-3-5-18/h1-9,19,24H,10-16H2,(H,22,25). The summed E-state index contributed by atoms with van der Waals surface area (Å²) in [6, 6.07) is 17.2. The van der Waals surface area contributed by atoms with Crippen molar-refractivity contribution in [3.8, 4) is 5.75 Å². The Morgan fingerprint density at radius 3 is 2.42 bits per heavy atom. The Kier molecular flexibility index (Phi) is 6.63. The summed E-state index contributed by atoms with van der Waals surface area (Å²) in [6.07, 6.45) is 2.67. The number of rotatable bonds is 7. The lowest BCUT2D eigenvalue weighted by molar-refractivity contribution is -0.140. The van der Waals surface area contributed by atoms with Gasteiger partial charge in [0.1, 0.15) is 5.75 Å². The van der Waals surface area contributed by atoms with Crippen LogP contribution in [-0.4, -0.2) is 35.5 Å². The first-order chi connectivity index (χ1) is 12.7. The molecule has 1 saturated heterocycles. The zero-order valence-electron chi connectivity index (χ0n) is 14.9. The van der Waals surface area contributed by atoms with Crippen molar-refractivity contribution in [3.63, 3.8) is 0 Å². The molecule has 138 valence electrons. The molecule has 2 N–H and O–H groups in total. The molecule has 0 bridgehead atoms. The van der Waals surface area contributed by atoms with E-state index in [2.05, 4.69) is 10.4 Å². The fraction of sp³-hybridized carbons (Fsp3) is 0.381. The molecule has 0 radical (unpaired) electrons. The molecular formula is C21H26N2O3. The Morgan fingerprint density at radius 2 is 1.73 bits per heavy atom. The summed E-state index contributed by atoms with van der Waals surface area (Å²) in [6.45, 7) is 3.21. The van der Waals surface area contributed by atoms with E-state index in [0.717, 1.165) is 44.5 Å². The van der Waals surface area contributed by atoms with Crippen LogP contribution in [0.1, 0.15) is 24.0 Å². The van der Waals surface area contributed by atoms with Crippen LogP contribution < -0.4 is 5.48 Å². The van der Waals surface area contributed by atoms with Crippen LogP contribution in [0.15, 0.2) is 54.6 Å². The lowest BCUT2D eigenvalue weighted by Crippen LogP contribution is -2.41. The molecule has 2 aromatic rings. The van der Waals surface area contributed by atoms with Gasteiger partial charge in [0.2, 0.25) is 5.91 Å². The second kappa shape index (κ2) is 9.36. The molecule has 1 heterocycles. The fourth-order valence-electron chi connectivity index (χ4n) is 3.22. The third-order valence-electron chi connectivity index (χ3n) is 4.87. The van der Waals surface area contributed by atoms with Gasteiger partial charge in [-0.1, -0.05) is 42.5 Å². The maximum absolute atomic E-state index is 12.2. The van der Waals surface area contributed by atoms with Gasteiger partial charge in [0.05, 0.1) is 6.61 Å². The molecule has 2 aromatic carbocycles. The highest BCUT2D eigenvalue weighted by molar-refractivity contribution is 5.77. The highest BCUT2D eigenvalue weighted by atomic mass is 16.6. The summed E-state index contributed by atoms with van der Waals surface area (Å²) in [5, 5.41) is 9.32. The van der Waals surface area contributed by atoms with Crippen LogP contribution in [0, 0.1) is 5.92 Å². The molecule has 0 atom stereocenters. The van der Waals surface area contributed by atoms with Crippen LogP contribution in [0.4, 0.5) is 0 Å². The summed E-state index contributed by atoms with van der Waals surface area (Å²) in [5.41, 5.74) is 4.86. The lowest BCUT2D eigenvalue weighted by atomic mass is 9.96. The Balaban J connectivity index is 1.33. The minimum Gasteiger partial charge on any atom is -0.508 e. The van der Waals surface area contributed by atoms with Gasteiger partial charge in [0, 0.05) is 12.5 Å². The number of hydrogen-bond acceptors (Lipinski definition) is 4. The highest BCUT2D eigenvalue weighted by Gasteiger charge is 2.24. The van der Waals surface area contributed by atoms with Gasteiger partial charge in [0.25, 0.3) is 0 Å². The first-order valence-electron chi connectivity index (χ1n) is 9.16. The summed E-state index contributed by atoms with van der Waals surface area (Å²) in [7, 11) is 0. The molecule has 0 spiro atoms. The predicted molar refractivity (Wildman–Crippen MR) is 100 cm³/mol. The van der Waals surface area contributed by atoms with Gasteiger partial charge in [0.15, 0.2) is 0 Å². The molecule has 1 fully saturated rings. The average molecular weight is 354 g/mol. The number of hydroxylamine groups is 1. The summed E-state index contributed by atoms with van der Waals surface area (Å²) >= 11 is 0. The highest BCUT2D eigenvalue weighted by Crippen LogP contribution is 2.18. The topological polar surface area (TPSA) is 61.8 Å². The largest absolute Gasteiger partial charge is 0.508 e. The SMILES string of the molecule is O=C(NOCc1ccccc1)C1CCN(CCc2ccc(O)cc2)CC1. The number of phenols is 1. The van der Waals surface area contributed by atoms with Crippen molar-refractivity contribution in [1.82, 2.24) is 10.4 Å². The zero-order valence-corrected chi connectivity index (χ0v) is 14.9. The summed E-state index contributed by atoms with van der Waals surface area (Å²) in [5.74, 6) is 0.310. The van der Waals surface area contributed by atoms with Gasteiger partial charge in [-0.2, -0.15) is 0 Å². The first kappa shape index (κ1) is 18.4. The monoisotopic (exact) mass is 354 g/mol. The number of carbonyl (C=O) groups is 1. The van der Waals surface area contributed by atoms with Gasteiger partial charge < -0.3 is 10.0 Å². The van der Waals surface area contributed by atoms with Crippen LogP contribution in [-0.2, 0) is 22.7 Å². The fourth-order valence-corrected chi connectivity index (χ4v) is 3.22. The lowest BCUT2D eigenvalue weighted by Gasteiger charge is -2.31. The van der Waals surface area contributed by atoms with E-state index in [0.29, 0.717) is 12.4 Å². The summed E-state index contributed by atoms with van der Waals surface area (Å²) < 4.78 is 0. The van der Waals surface area contributed by atoms with E-state index in [1.54, 1.807) is 12.1 Å². The van der Waals surface area contributed by atoms with Crippen LogP contribution >= 0.6 is 0 Å². The number of piperidine rings is 1. The second-order valence-corrected chi connectivity index (χ2v) is 6.77. The third kappa shape index (κ3) is 5.58. The number of benzene rings is 2. The molecule has 1 amide bonds. The number of aromatic hydroxyl groups is 1. The maximum atomic E-state index is 12.2. The molecule has 3 rings (SSSR count).